The molecule has 35 heavy (non-hydrogen) atoms. The Morgan fingerprint density at radius 2 is 1.66 bits per heavy atom. The SMILES string of the molecule is C=C(NNC(=O)CSc1nnc(-c2ccccc2)n1-c1ccccc1)c1ccc(OC)cc1OC. The van der Waals surface area contributed by atoms with Gasteiger partial charge in [-0.05, 0) is 24.3 Å². The number of aromatic nitrogens is 3. The van der Waals surface area contributed by atoms with E-state index in [2.05, 4.69) is 27.6 Å². The van der Waals surface area contributed by atoms with Crippen LogP contribution in [-0.4, -0.2) is 40.6 Å². The molecule has 178 valence electrons. The highest BCUT2D eigenvalue weighted by Crippen LogP contribution is 2.29. The monoisotopic (exact) mass is 487 g/mol. The molecule has 0 aliphatic heterocycles. The number of nitrogens with zero attached hydrogens (tertiary/aromatic N) is 3. The minimum atomic E-state index is -0.243. The quantitative estimate of drug-likeness (QED) is 0.254. The normalized spacial score (nSPS) is 10.5. The number of thioether (sulfide) groups is 1. The van der Waals surface area contributed by atoms with Crippen LogP contribution in [0.2, 0.25) is 0 Å². The molecule has 0 unspecified atom stereocenters. The Bertz CT molecular complexity index is 1310. The third-order valence-corrected chi connectivity index (χ3v) is 6.03. The maximum absolute atomic E-state index is 12.6. The highest BCUT2D eigenvalue weighted by molar-refractivity contribution is 7.99. The van der Waals surface area contributed by atoms with E-state index in [-0.39, 0.29) is 11.7 Å². The van der Waals surface area contributed by atoms with Gasteiger partial charge in [-0.15, -0.1) is 10.2 Å². The Morgan fingerprint density at radius 1 is 0.943 bits per heavy atom. The Balaban J connectivity index is 1.44. The van der Waals surface area contributed by atoms with Crippen molar-refractivity contribution in [1.29, 1.82) is 0 Å². The molecule has 9 heteroatoms. The first-order valence-electron chi connectivity index (χ1n) is 10.8. The second-order valence-electron chi connectivity index (χ2n) is 7.35. The van der Waals surface area contributed by atoms with E-state index in [1.54, 1.807) is 32.4 Å². The van der Waals surface area contributed by atoms with Gasteiger partial charge in [-0.1, -0.05) is 66.9 Å². The first kappa shape index (κ1) is 23.9. The highest BCUT2D eigenvalue weighted by atomic mass is 32.2. The van der Waals surface area contributed by atoms with Gasteiger partial charge in [0.05, 0.1) is 25.7 Å². The summed E-state index contributed by atoms with van der Waals surface area (Å²) < 4.78 is 12.6. The van der Waals surface area contributed by atoms with Crippen molar-refractivity contribution in [2.45, 2.75) is 5.16 Å². The second-order valence-corrected chi connectivity index (χ2v) is 8.29. The average molecular weight is 488 g/mol. The van der Waals surface area contributed by atoms with Crippen molar-refractivity contribution >= 4 is 23.4 Å². The molecule has 8 nitrogen and oxygen atoms in total. The van der Waals surface area contributed by atoms with Gasteiger partial charge in [0.15, 0.2) is 11.0 Å². The van der Waals surface area contributed by atoms with Gasteiger partial charge in [0.2, 0.25) is 5.91 Å². The summed E-state index contributed by atoms with van der Waals surface area (Å²) in [7, 11) is 3.15. The Hall–Kier alpha value is -4.24. The fourth-order valence-electron chi connectivity index (χ4n) is 3.37. The molecule has 0 saturated heterocycles. The van der Waals surface area contributed by atoms with Gasteiger partial charge in [-0.3, -0.25) is 20.2 Å². The van der Waals surface area contributed by atoms with Crippen LogP contribution in [0.15, 0.2) is 90.6 Å². The predicted molar refractivity (Wildman–Crippen MR) is 137 cm³/mol. The molecule has 0 fully saturated rings. The van der Waals surface area contributed by atoms with Crippen molar-refractivity contribution in [3.8, 4) is 28.6 Å². The number of para-hydroxylation sites is 1. The number of rotatable bonds is 10. The molecule has 0 atom stereocenters. The zero-order valence-corrected chi connectivity index (χ0v) is 20.2. The summed E-state index contributed by atoms with van der Waals surface area (Å²) in [6, 6.07) is 25.0. The summed E-state index contributed by atoms with van der Waals surface area (Å²) in [5.41, 5.74) is 8.57. The van der Waals surface area contributed by atoms with Crippen LogP contribution in [0.4, 0.5) is 0 Å². The van der Waals surface area contributed by atoms with E-state index in [1.165, 1.54) is 11.8 Å². The fourth-order valence-corrected chi connectivity index (χ4v) is 4.13. The standard InChI is InChI=1S/C26H25N5O3S/c1-18(22-15-14-21(33-2)16-23(22)34-3)27-28-24(32)17-35-26-30-29-25(19-10-6-4-7-11-19)31(26)20-12-8-5-9-13-20/h4-16,27H,1,17H2,2-3H3,(H,28,32). The van der Waals surface area contributed by atoms with Crippen molar-refractivity contribution in [2.24, 2.45) is 0 Å². The number of hydrogen-bond donors (Lipinski definition) is 2. The van der Waals surface area contributed by atoms with E-state index in [0.717, 1.165) is 11.3 Å². The number of carbonyl (C=O) groups excluding carboxylic acids is 1. The molecule has 0 bridgehead atoms. The molecule has 3 aromatic carbocycles. The number of hydrazine groups is 1. The molecule has 0 radical (unpaired) electrons. The van der Waals surface area contributed by atoms with Gasteiger partial charge >= 0.3 is 0 Å². The molecule has 0 saturated carbocycles. The maximum Gasteiger partial charge on any atom is 0.248 e. The van der Waals surface area contributed by atoms with E-state index in [4.69, 9.17) is 9.47 Å². The average Bonchev–Trinajstić information content (AvgIpc) is 3.35. The van der Waals surface area contributed by atoms with Gasteiger partial charge in [0.1, 0.15) is 11.5 Å². The number of amides is 1. The zero-order chi connectivity index (χ0) is 24.6. The van der Waals surface area contributed by atoms with Crippen molar-refractivity contribution in [3.63, 3.8) is 0 Å². The summed E-state index contributed by atoms with van der Waals surface area (Å²) in [6.07, 6.45) is 0. The first-order valence-corrected chi connectivity index (χ1v) is 11.7. The van der Waals surface area contributed by atoms with Crippen LogP contribution in [0.3, 0.4) is 0 Å². The molecular formula is C26H25N5O3S. The molecule has 4 rings (SSSR count). The van der Waals surface area contributed by atoms with Crippen molar-refractivity contribution in [3.05, 3.63) is 91.0 Å². The molecule has 4 aromatic rings. The third-order valence-electron chi connectivity index (χ3n) is 5.10. The van der Waals surface area contributed by atoms with Crippen molar-refractivity contribution in [1.82, 2.24) is 25.6 Å². The minimum Gasteiger partial charge on any atom is -0.497 e. The molecule has 0 aliphatic carbocycles. The summed E-state index contributed by atoms with van der Waals surface area (Å²) in [5, 5.41) is 9.36. The van der Waals surface area contributed by atoms with Crippen LogP contribution in [0.1, 0.15) is 5.56 Å². The molecule has 1 amide bonds. The van der Waals surface area contributed by atoms with Gasteiger partial charge in [-0.25, -0.2) is 0 Å². The smallest absolute Gasteiger partial charge is 0.248 e. The van der Waals surface area contributed by atoms with E-state index < -0.39 is 0 Å². The number of carbonyl (C=O) groups is 1. The minimum absolute atomic E-state index is 0.125. The lowest BCUT2D eigenvalue weighted by atomic mass is 10.1. The van der Waals surface area contributed by atoms with Gasteiger partial charge in [-0.2, -0.15) is 0 Å². The summed E-state index contributed by atoms with van der Waals surface area (Å²) in [5.74, 6) is 1.83. The fraction of sp³-hybridized carbons (Fsp3) is 0.115. The largest absolute Gasteiger partial charge is 0.497 e. The van der Waals surface area contributed by atoms with E-state index in [0.29, 0.717) is 33.7 Å². The lowest BCUT2D eigenvalue weighted by molar-refractivity contribution is -0.119. The second kappa shape index (κ2) is 11.3. The van der Waals surface area contributed by atoms with Crippen molar-refractivity contribution < 1.29 is 14.3 Å². The highest BCUT2D eigenvalue weighted by Gasteiger charge is 2.17. The van der Waals surface area contributed by atoms with E-state index in [1.807, 2.05) is 65.2 Å². The predicted octanol–water partition coefficient (Wildman–Crippen LogP) is 4.34. The van der Waals surface area contributed by atoms with Gasteiger partial charge < -0.3 is 9.47 Å². The number of methoxy groups -OCH3 is 2. The first-order chi connectivity index (χ1) is 17.1. The van der Waals surface area contributed by atoms with E-state index >= 15 is 0 Å². The molecule has 0 aliphatic rings. The van der Waals surface area contributed by atoms with Crippen LogP contribution >= 0.6 is 11.8 Å². The lowest BCUT2D eigenvalue weighted by Gasteiger charge is -2.15. The Morgan fingerprint density at radius 3 is 2.34 bits per heavy atom. The molecule has 1 aromatic heterocycles. The number of ether oxygens (including phenoxy) is 2. The molecule has 1 heterocycles. The van der Waals surface area contributed by atoms with Crippen LogP contribution in [0.25, 0.3) is 22.8 Å². The van der Waals surface area contributed by atoms with Crippen LogP contribution < -0.4 is 20.3 Å². The zero-order valence-electron chi connectivity index (χ0n) is 19.4. The summed E-state index contributed by atoms with van der Waals surface area (Å²) in [4.78, 5) is 12.6. The molecular weight excluding hydrogens is 462 g/mol. The molecule has 2 N–H and O–H groups in total. The lowest BCUT2D eigenvalue weighted by Crippen LogP contribution is -2.37. The topological polar surface area (TPSA) is 90.3 Å². The van der Waals surface area contributed by atoms with E-state index in [9.17, 15) is 4.79 Å². The van der Waals surface area contributed by atoms with Crippen molar-refractivity contribution in [2.75, 3.05) is 20.0 Å². The third kappa shape index (κ3) is 5.64. The van der Waals surface area contributed by atoms with Gasteiger partial charge in [0.25, 0.3) is 0 Å². The summed E-state index contributed by atoms with van der Waals surface area (Å²) >= 11 is 1.29. The number of benzene rings is 3. The number of hydrogen-bond acceptors (Lipinski definition) is 7. The Kier molecular flexibility index (Phi) is 7.69. The van der Waals surface area contributed by atoms with Crippen LogP contribution in [0.5, 0.6) is 11.5 Å². The van der Waals surface area contributed by atoms with Crippen LogP contribution in [0, 0.1) is 0 Å². The Labute approximate surface area is 208 Å². The molecule has 0 spiro atoms. The van der Waals surface area contributed by atoms with Gasteiger partial charge in [0, 0.05) is 22.9 Å². The maximum atomic E-state index is 12.6. The summed E-state index contributed by atoms with van der Waals surface area (Å²) in [6.45, 7) is 3.99. The number of nitrogens with one attached hydrogen (secondary N) is 2. The van der Waals surface area contributed by atoms with Crippen LogP contribution in [-0.2, 0) is 4.79 Å².